The summed E-state index contributed by atoms with van der Waals surface area (Å²) in [6, 6.07) is 9.01. The number of hydrogen-bond donors (Lipinski definition) is 2. The van der Waals surface area contributed by atoms with E-state index in [1.54, 1.807) is 4.90 Å². The number of ether oxygens (including phenoxy) is 1. The standard InChI is InChI=1S/C22H21N5O5/c1-26-19-16(20(29)25-22(26)31)7-12(8-23-19)21(30)27-9-13(15-4-2-3-5-17(15)27)6-14-10-32-11-18(28)24-14/h2-5,7-8,13-14H,6,9-11H2,1H3,(H,24,28)(H,25,29,31). The van der Waals surface area contributed by atoms with E-state index in [0.29, 0.717) is 19.6 Å². The third-order valence-corrected chi connectivity index (χ3v) is 6.00. The topological polar surface area (TPSA) is 126 Å². The second kappa shape index (κ2) is 7.72. The lowest BCUT2D eigenvalue weighted by Gasteiger charge is -2.26. The van der Waals surface area contributed by atoms with Gasteiger partial charge in [-0.2, -0.15) is 0 Å². The predicted octanol–water partition coefficient (Wildman–Crippen LogP) is 0.271. The summed E-state index contributed by atoms with van der Waals surface area (Å²) >= 11 is 0. The average Bonchev–Trinajstić information content (AvgIpc) is 3.15. The summed E-state index contributed by atoms with van der Waals surface area (Å²) in [6.45, 7) is 0.947. The molecule has 0 aliphatic carbocycles. The highest BCUT2D eigenvalue weighted by Crippen LogP contribution is 2.39. The number of hydrogen-bond acceptors (Lipinski definition) is 6. The minimum absolute atomic E-state index is 0.0276. The van der Waals surface area contributed by atoms with Crippen LogP contribution in [0.2, 0.25) is 0 Å². The average molecular weight is 435 g/mol. The van der Waals surface area contributed by atoms with Crippen LogP contribution in [-0.4, -0.2) is 52.1 Å². The molecule has 1 saturated heterocycles. The largest absolute Gasteiger partial charge is 0.370 e. The Morgan fingerprint density at radius 2 is 2.06 bits per heavy atom. The number of aryl methyl sites for hydroxylation is 1. The normalized spacial score (nSPS) is 20.3. The number of pyridine rings is 1. The number of aromatic nitrogens is 3. The van der Waals surface area contributed by atoms with Crippen LogP contribution in [0.5, 0.6) is 0 Å². The molecule has 164 valence electrons. The number of nitrogens with one attached hydrogen (secondary N) is 2. The number of anilines is 1. The Balaban J connectivity index is 1.47. The van der Waals surface area contributed by atoms with Gasteiger partial charge < -0.3 is 15.0 Å². The molecule has 0 bridgehead atoms. The number of carbonyl (C=O) groups is 2. The molecule has 3 aromatic rings. The lowest BCUT2D eigenvalue weighted by atomic mass is 9.94. The quantitative estimate of drug-likeness (QED) is 0.608. The van der Waals surface area contributed by atoms with Gasteiger partial charge in [0.05, 0.1) is 23.6 Å². The Labute approximate surface area is 181 Å². The van der Waals surface area contributed by atoms with Crippen molar-refractivity contribution in [1.82, 2.24) is 19.9 Å². The van der Waals surface area contributed by atoms with Crippen molar-refractivity contribution in [2.75, 3.05) is 24.7 Å². The Bertz CT molecular complexity index is 1360. The van der Waals surface area contributed by atoms with Crippen molar-refractivity contribution in [1.29, 1.82) is 0 Å². The summed E-state index contributed by atoms with van der Waals surface area (Å²) in [5.74, 6) is -0.395. The van der Waals surface area contributed by atoms with Crippen LogP contribution >= 0.6 is 0 Å². The second-order valence-electron chi connectivity index (χ2n) is 8.10. The Hall–Kier alpha value is -3.79. The zero-order valence-corrected chi connectivity index (χ0v) is 17.3. The number of aromatic amines is 1. The molecule has 0 spiro atoms. The highest BCUT2D eigenvalue weighted by Gasteiger charge is 2.35. The van der Waals surface area contributed by atoms with Crippen LogP contribution in [0, 0.1) is 0 Å². The van der Waals surface area contributed by atoms with E-state index in [0.717, 1.165) is 11.3 Å². The molecule has 2 aliphatic heterocycles. The SMILES string of the molecule is Cn1c(=O)[nH]c(=O)c2cc(C(=O)N3CC(CC4COCC(=O)N4)c4ccccc43)cnc21. The van der Waals surface area contributed by atoms with E-state index >= 15 is 0 Å². The number of H-pyrrole nitrogens is 1. The predicted molar refractivity (Wildman–Crippen MR) is 116 cm³/mol. The van der Waals surface area contributed by atoms with Gasteiger partial charge in [-0.15, -0.1) is 0 Å². The van der Waals surface area contributed by atoms with Crippen molar-refractivity contribution >= 4 is 28.5 Å². The van der Waals surface area contributed by atoms with Crippen LogP contribution in [-0.2, 0) is 16.6 Å². The molecule has 2 aliphatic rings. The highest BCUT2D eigenvalue weighted by atomic mass is 16.5. The van der Waals surface area contributed by atoms with Gasteiger partial charge in [0.2, 0.25) is 5.91 Å². The number of amides is 2. The molecule has 2 aromatic heterocycles. The second-order valence-corrected chi connectivity index (χ2v) is 8.10. The van der Waals surface area contributed by atoms with E-state index in [9.17, 15) is 19.2 Å². The fraction of sp³-hybridized carbons (Fsp3) is 0.318. The van der Waals surface area contributed by atoms with Crippen molar-refractivity contribution < 1.29 is 14.3 Å². The van der Waals surface area contributed by atoms with Crippen molar-refractivity contribution in [3.8, 4) is 0 Å². The molecule has 2 N–H and O–H groups in total. The summed E-state index contributed by atoms with van der Waals surface area (Å²) < 4.78 is 6.58. The number of fused-ring (bicyclic) bond motifs is 2. The van der Waals surface area contributed by atoms with Gasteiger partial charge in [-0.05, 0) is 24.1 Å². The van der Waals surface area contributed by atoms with Gasteiger partial charge in [0.1, 0.15) is 12.3 Å². The smallest absolute Gasteiger partial charge is 0.329 e. The minimum atomic E-state index is -0.585. The number of nitrogens with zero attached hydrogens (tertiary/aromatic N) is 3. The van der Waals surface area contributed by atoms with E-state index in [-0.39, 0.29) is 47.0 Å². The fourth-order valence-electron chi connectivity index (χ4n) is 4.47. The van der Waals surface area contributed by atoms with Gasteiger partial charge in [0.15, 0.2) is 0 Å². The molecule has 2 amide bonds. The molecule has 4 heterocycles. The number of benzene rings is 1. The summed E-state index contributed by atoms with van der Waals surface area (Å²) in [6.07, 6.45) is 2.03. The van der Waals surface area contributed by atoms with Crippen LogP contribution in [0.3, 0.4) is 0 Å². The maximum Gasteiger partial charge on any atom is 0.329 e. The molecular weight excluding hydrogens is 414 g/mol. The van der Waals surface area contributed by atoms with Crippen molar-refractivity contribution in [2.45, 2.75) is 18.4 Å². The maximum atomic E-state index is 13.4. The van der Waals surface area contributed by atoms with E-state index in [2.05, 4.69) is 15.3 Å². The summed E-state index contributed by atoms with van der Waals surface area (Å²) in [4.78, 5) is 57.3. The highest BCUT2D eigenvalue weighted by molar-refractivity contribution is 6.08. The van der Waals surface area contributed by atoms with Crippen molar-refractivity contribution in [3.63, 3.8) is 0 Å². The minimum Gasteiger partial charge on any atom is -0.370 e. The first-order chi connectivity index (χ1) is 15.4. The molecule has 2 unspecified atom stereocenters. The lowest BCUT2D eigenvalue weighted by Crippen LogP contribution is -2.46. The van der Waals surface area contributed by atoms with Crippen molar-refractivity contribution in [3.05, 3.63) is 68.5 Å². The zero-order valence-electron chi connectivity index (χ0n) is 17.3. The van der Waals surface area contributed by atoms with E-state index in [4.69, 9.17) is 4.74 Å². The van der Waals surface area contributed by atoms with Gasteiger partial charge in [-0.25, -0.2) is 9.78 Å². The third-order valence-electron chi connectivity index (χ3n) is 6.00. The van der Waals surface area contributed by atoms with Crippen LogP contribution in [0.25, 0.3) is 11.0 Å². The summed E-state index contributed by atoms with van der Waals surface area (Å²) in [5.41, 5.74) is 1.13. The first-order valence-electron chi connectivity index (χ1n) is 10.3. The number of carbonyl (C=O) groups excluding carboxylic acids is 2. The zero-order chi connectivity index (χ0) is 22.4. The van der Waals surface area contributed by atoms with Crippen LogP contribution in [0.4, 0.5) is 5.69 Å². The summed E-state index contributed by atoms with van der Waals surface area (Å²) in [7, 11) is 1.50. The molecule has 1 fully saturated rings. The molecule has 0 saturated carbocycles. The molecule has 0 radical (unpaired) electrons. The Morgan fingerprint density at radius 3 is 2.88 bits per heavy atom. The molecule has 2 atom stereocenters. The number of para-hydroxylation sites is 1. The number of morpholine rings is 1. The first kappa shape index (κ1) is 20.1. The van der Waals surface area contributed by atoms with E-state index < -0.39 is 11.2 Å². The Morgan fingerprint density at radius 1 is 1.25 bits per heavy atom. The van der Waals surface area contributed by atoms with Crippen LogP contribution in [0.1, 0.15) is 28.3 Å². The summed E-state index contributed by atoms with van der Waals surface area (Å²) in [5, 5.41) is 3.11. The van der Waals surface area contributed by atoms with Gasteiger partial charge in [0.25, 0.3) is 11.5 Å². The Kier molecular flexibility index (Phi) is 4.86. The van der Waals surface area contributed by atoms with E-state index in [1.165, 1.54) is 23.9 Å². The van der Waals surface area contributed by atoms with E-state index in [1.807, 2.05) is 24.3 Å². The van der Waals surface area contributed by atoms with Gasteiger partial charge in [0, 0.05) is 31.4 Å². The van der Waals surface area contributed by atoms with Crippen LogP contribution in [0.15, 0.2) is 46.1 Å². The fourth-order valence-corrected chi connectivity index (χ4v) is 4.47. The first-order valence-corrected chi connectivity index (χ1v) is 10.3. The molecule has 10 nitrogen and oxygen atoms in total. The molecular formula is C22H21N5O5. The molecule has 10 heteroatoms. The molecule has 5 rings (SSSR count). The third kappa shape index (κ3) is 3.38. The lowest BCUT2D eigenvalue weighted by molar-refractivity contribution is -0.131. The van der Waals surface area contributed by atoms with Gasteiger partial charge in [-0.3, -0.25) is 23.9 Å². The molecule has 1 aromatic carbocycles. The van der Waals surface area contributed by atoms with Gasteiger partial charge in [-0.1, -0.05) is 18.2 Å². The van der Waals surface area contributed by atoms with Crippen LogP contribution < -0.4 is 21.5 Å². The maximum absolute atomic E-state index is 13.4. The monoisotopic (exact) mass is 435 g/mol. The molecule has 32 heavy (non-hydrogen) atoms. The van der Waals surface area contributed by atoms with Gasteiger partial charge >= 0.3 is 5.69 Å². The van der Waals surface area contributed by atoms with Crippen molar-refractivity contribution in [2.24, 2.45) is 7.05 Å². The number of rotatable bonds is 3.